The molecule has 6 heteroatoms. The topological polar surface area (TPSA) is 68.7 Å². The van der Waals surface area contributed by atoms with Crippen molar-refractivity contribution in [3.05, 3.63) is 18.3 Å². The molecule has 0 bridgehead atoms. The maximum Gasteiger partial charge on any atom is 0.226 e. The highest BCUT2D eigenvalue weighted by molar-refractivity contribution is 5.91. The predicted octanol–water partition coefficient (Wildman–Crippen LogP) is 1.81. The minimum atomic E-state index is -0.265. The number of carbonyl (C=O) groups excluding carboxylic acids is 1. The van der Waals surface area contributed by atoms with Crippen molar-refractivity contribution in [3.63, 3.8) is 0 Å². The van der Waals surface area contributed by atoms with Gasteiger partial charge in [0.15, 0.2) is 0 Å². The van der Waals surface area contributed by atoms with E-state index >= 15 is 0 Å². The molecule has 1 amide bonds. The number of carbonyl (C=O) groups is 1. The molecular weight excluding hydrogens is 304 g/mol. The van der Waals surface area contributed by atoms with Gasteiger partial charge < -0.3 is 15.3 Å². The third-order valence-electron chi connectivity index (χ3n) is 4.45. The summed E-state index contributed by atoms with van der Waals surface area (Å²) in [6, 6.07) is 3.85. The van der Waals surface area contributed by atoms with Gasteiger partial charge in [0.1, 0.15) is 5.82 Å². The monoisotopic (exact) mass is 334 g/mol. The molecule has 0 spiro atoms. The molecular formula is C18H30N4O2. The molecule has 1 atom stereocenters. The number of aliphatic hydroxyl groups excluding tert-OH is 1. The Morgan fingerprint density at radius 1 is 1.21 bits per heavy atom. The lowest BCUT2D eigenvalue weighted by Crippen LogP contribution is -2.49. The number of pyridine rings is 1. The molecule has 1 fully saturated rings. The molecule has 2 N–H and O–H groups in total. The van der Waals surface area contributed by atoms with Gasteiger partial charge in [0.25, 0.3) is 0 Å². The highest BCUT2D eigenvalue weighted by atomic mass is 16.3. The van der Waals surface area contributed by atoms with Crippen molar-refractivity contribution in [1.29, 1.82) is 0 Å². The average molecular weight is 334 g/mol. The molecule has 1 aromatic rings. The van der Waals surface area contributed by atoms with Gasteiger partial charge in [-0.1, -0.05) is 27.7 Å². The van der Waals surface area contributed by atoms with Gasteiger partial charge in [0, 0.05) is 38.6 Å². The summed E-state index contributed by atoms with van der Waals surface area (Å²) in [5.74, 6) is 1.18. The zero-order valence-electron chi connectivity index (χ0n) is 15.2. The summed E-state index contributed by atoms with van der Waals surface area (Å²) in [5.41, 5.74) is 0.733. The Labute approximate surface area is 144 Å². The zero-order chi connectivity index (χ0) is 17.7. The maximum absolute atomic E-state index is 11.7. The number of β-amino-alcohol motifs (C(OH)–C–C–N with tert-alkyl or cyclic N) is 1. The van der Waals surface area contributed by atoms with Gasteiger partial charge in [-0.2, -0.15) is 0 Å². The molecule has 0 aromatic carbocycles. The van der Waals surface area contributed by atoms with E-state index < -0.39 is 0 Å². The summed E-state index contributed by atoms with van der Waals surface area (Å²) in [4.78, 5) is 20.7. The molecule has 0 saturated carbocycles. The van der Waals surface area contributed by atoms with Gasteiger partial charge in [-0.3, -0.25) is 9.69 Å². The Hall–Kier alpha value is -1.66. The summed E-state index contributed by atoms with van der Waals surface area (Å²) in [7, 11) is 0. The molecule has 1 aliphatic rings. The first-order valence-electron chi connectivity index (χ1n) is 8.79. The summed E-state index contributed by atoms with van der Waals surface area (Å²) in [5, 5.41) is 12.9. The van der Waals surface area contributed by atoms with Gasteiger partial charge in [0.05, 0.1) is 18.0 Å². The minimum absolute atomic E-state index is 0.00174. The van der Waals surface area contributed by atoms with E-state index in [9.17, 15) is 9.90 Å². The van der Waals surface area contributed by atoms with Crippen LogP contribution >= 0.6 is 0 Å². The first-order chi connectivity index (χ1) is 11.4. The number of hydrogen-bond acceptors (Lipinski definition) is 5. The van der Waals surface area contributed by atoms with Crippen LogP contribution in [0.15, 0.2) is 18.3 Å². The van der Waals surface area contributed by atoms with E-state index in [0.29, 0.717) is 5.92 Å². The second-order valence-electron chi connectivity index (χ2n) is 7.15. The molecule has 1 aromatic heterocycles. The summed E-state index contributed by atoms with van der Waals surface area (Å²) >= 11 is 0. The van der Waals surface area contributed by atoms with Crippen LogP contribution in [0.4, 0.5) is 11.5 Å². The molecule has 2 rings (SSSR count). The Morgan fingerprint density at radius 2 is 1.88 bits per heavy atom. The normalized spacial score (nSPS) is 17.4. The summed E-state index contributed by atoms with van der Waals surface area (Å²) < 4.78 is 0. The van der Waals surface area contributed by atoms with Crippen LogP contribution in [0.5, 0.6) is 0 Å². The van der Waals surface area contributed by atoms with Crippen molar-refractivity contribution < 1.29 is 9.90 Å². The highest BCUT2D eigenvalue weighted by Gasteiger charge is 2.21. The van der Waals surface area contributed by atoms with E-state index in [1.54, 1.807) is 6.20 Å². The number of rotatable bonds is 6. The molecule has 0 aliphatic carbocycles. The van der Waals surface area contributed by atoms with Gasteiger partial charge >= 0.3 is 0 Å². The standard InChI is InChI=1S/C18H30N4O2/c1-13(2)16(23)12-21-7-9-22(10-8-21)17-6-5-15(11-19-17)20-18(24)14(3)4/h5-6,11,13-14,16,23H,7-10,12H2,1-4H3,(H,20,24). The Balaban J connectivity index is 1.85. The lowest BCUT2D eigenvalue weighted by molar-refractivity contribution is -0.118. The van der Waals surface area contributed by atoms with Crippen LogP contribution in [-0.2, 0) is 4.79 Å². The molecule has 2 heterocycles. The fourth-order valence-corrected chi connectivity index (χ4v) is 2.57. The number of hydrogen-bond donors (Lipinski definition) is 2. The van der Waals surface area contributed by atoms with Crippen LogP contribution in [0.25, 0.3) is 0 Å². The molecule has 134 valence electrons. The molecule has 6 nitrogen and oxygen atoms in total. The van der Waals surface area contributed by atoms with Gasteiger partial charge in [-0.05, 0) is 18.1 Å². The van der Waals surface area contributed by atoms with Gasteiger partial charge in [-0.15, -0.1) is 0 Å². The second kappa shape index (κ2) is 8.44. The van der Waals surface area contributed by atoms with Crippen molar-refractivity contribution in [2.24, 2.45) is 11.8 Å². The van der Waals surface area contributed by atoms with E-state index in [2.05, 4.69) is 20.1 Å². The van der Waals surface area contributed by atoms with Gasteiger partial charge in [0.2, 0.25) is 5.91 Å². The number of nitrogens with one attached hydrogen (secondary N) is 1. The van der Waals surface area contributed by atoms with Crippen LogP contribution in [0.2, 0.25) is 0 Å². The number of aliphatic hydroxyl groups is 1. The number of amides is 1. The third kappa shape index (κ3) is 5.18. The van der Waals surface area contributed by atoms with Crippen molar-refractivity contribution in [1.82, 2.24) is 9.88 Å². The zero-order valence-corrected chi connectivity index (χ0v) is 15.2. The second-order valence-corrected chi connectivity index (χ2v) is 7.15. The largest absolute Gasteiger partial charge is 0.392 e. The number of piperazine rings is 1. The molecule has 0 radical (unpaired) electrons. The van der Waals surface area contributed by atoms with Crippen molar-refractivity contribution >= 4 is 17.4 Å². The molecule has 1 unspecified atom stereocenters. The lowest BCUT2D eigenvalue weighted by atomic mass is 10.1. The summed E-state index contributed by atoms with van der Waals surface area (Å²) in [6.45, 7) is 12.2. The highest BCUT2D eigenvalue weighted by Crippen LogP contribution is 2.17. The Morgan fingerprint density at radius 3 is 2.38 bits per heavy atom. The van der Waals surface area contributed by atoms with E-state index in [1.807, 2.05) is 39.8 Å². The fraction of sp³-hybridized carbons (Fsp3) is 0.667. The van der Waals surface area contributed by atoms with Crippen LogP contribution < -0.4 is 10.2 Å². The van der Waals surface area contributed by atoms with Crippen LogP contribution in [0.1, 0.15) is 27.7 Å². The number of anilines is 2. The number of aromatic nitrogens is 1. The van der Waals surface area contributed by atoms with E-state index in [-0.39, 0.29) is 17.9 Å². The first kappa shape index (κ1) is 18.7. The molecule has 1 saturated heterocycles. The van der Waals surface area contributed by atoms with Gasteiger partial charge in [-0.25, -0.2) is 4.98 Å². The summed E-state index contributed by atoms with van der Waals surface area (Å²) in [6.07, 6.45) is 1.45. The predicted molar refractivity (Wildman–Crippen MR) is 97.2 cm³/mol. The smallest absolute Gasteiger partial charge is 0.226 e. The maximum atomic E-state index is 11.7. The minimum Gasteiger partial charge on any atom is -0.392 e. The first-order valence-corrected chi connectivity index (χ1v) is 8.79. The van der Waals surface area contributed by atoms with E-state index in [1.165, 1.54) is 0 Å². The number of nitrogens with zero attached hydrogens (tertiary/aromatic N) is 3. The fourth-order valence-electron chi connectivity index (χ4n) is 2.57. The van der Waals surface area contributed by atoms with Crippen molar-refractivity contribution in [2.45, 2.75) is 33.8 Å². The van der Waals surface area contributed by atoms with Crippen LogP contribution in [0.3, 0.4) is 0 Å². The Bertz CT molecular complexity index is 522. The molecule has 1 aliphatic heterocycles. The van der Waals surface area contributed by atoms with Crippen LogP contribution in [0, 0.1) is 11.8 Å². The quantitative estimate of drug-likeness (QED) is 0.830. The average Bonchev–Trinajstić information content (AvgIpc) is 2.56. The third-order valence-corrected chi connectivity index (χ3v) is 4.45. The van der Waals surface area contributed by atoms with Crippen molar-refractivity contribution in [2.75, 3.05) is 42.9 Å². The van der Waals surface area contributed by atoms with E-state index in [0.717, 1.165) is 44.2 Å². The molecule has 24 heavy (non-hydrogen) atoms. The SMILES string of the molecule is CC(C)C(=O)Nc1ccc(N2CCN(CC(O)C(C)C)CC2)nc1. The Kier molecular flexibility index (Phi) is 6.57. The van der Waals surface area contributed by atoms with Crippen molar-refractivity contribution in [3.8, 4) is 0 Å². The van der Waals surface area contributed by atoms with E-state index in [4.69, 9.17) is 0 Å². The van der Waals surface area contributed by atoms with Crippen LogP contribution in [-0.4, -0.2) is 59.7 Å². The lowest BCUT2D eigenvalue weighted by Gasteiger charge is -2.36.